The molecule has 0 aromatic heterocycles. The van der Waals surface area contributed by atoms with Crippen molar-refractivity contribution in [1.82, 2.24) is 0 Å². The second-order valence-electron chi connectivity index (χ2n) is 5.83. The minimum absolute atomic E-state index is 0.0414. The van der Waals surface area contributed by atoms with Gasteiger partial charge in [0.05, 0.1) is 5.92 Å². The summed E-state index contributed by atoms with van der Waals surface area (Å²) in [5, 5.41) is 3.45. The number of benzene rings is 2. The third-order valence-electron chi connectivity index (χ3n) is 4.09. The van der Waals surface area contributed by atoms with E-state index < -0.39 is 0 Å². The van der Waals surface area contributed by atoms with E-state index in [4.69, 9.17) is 11.6 Å². The van der Waals surface area contributed by atoms with Gasteiger partial charge in [0, 0.05) is 33.8 Å². The Labute approximate surface area is 153 Å². The van der Waals surface area contributed by atoms with Crippen molar-refractivity contribution in [3.05, 3.63) is 57.5 Å². The average molecular weight is 408 g/mol. The largest absolute Gasteiger partial charge is 0.325 e. The zero-order valence-corrected chi connectivity index (χ0v) is 15.4. The molecule has 0 spiro atoms. The standard InChI is InChI=1S/C18H16BrClN2O2/c1-11-2-5-14(20)9-16(11)21-18(24)12-8-17(23)22(10-12)15-6-3-13(19)4-7-15/h2-7,9,12H,8,10H2,1H3,(H,21,24)/t12-/m0/s1. The van der Waals surface area contributed by atoms with Crippen LogP contribution in [0.1, 0.15) is 12.0 Å². The van der Waals surface area contributed by atoms with Crippen molar-refractivity contribution in [3.8, 4) is 0 Å². The van der Waals surface area contributed by atoms with Gasteiger partial charge in [-0.2, -0.15) is 0 Å². The summed E-state index contributed by atoms with van der Waals surface area (Å²) in [6.45, 7) is 2.28. The summed E-state index contributed by atoms with van der Waals surface area (Å²) < 4.78 is 0.948. The van der Waals surface area contributed by atoms with Crippen molar-refractivity contribution >= 4 is 50.7 Å². The van der Waals surface area contributed by atoms with Crippen LogP contribution in [0.2, 0.25) is 5.02 Å². The quantitative estimate of drug-likeness (QED) is 0.819. The molecule has 24 heavy (non-hydrogen) atoms. The first kappa shape index (κ1) is 17.0. The Balaban J connectivity index is 1.72. The van der Waals surface area contributed by atoms with Crippen LogP contribution >= 0.6 is 27.5 Å². The lowest BCUT2D eigenvalue weighted by Gasteiger charge is -2.17. The fourth-order valence-electron chi connectivity index (χ4n) is 2.72. The molecule has 124 valence electrons. The molecule has 1 N–H and O–H groups in total. The van der Waals surface area contributed by atoms with Gasteiger partial charge in [-0.3, -0.25) is 9.59 Å². The van der Waals surface area contributed by atoms with Gasteiger partial charge in [-0.25, -0.2) is 0 Å². The van der Waals surface area contributed by atoms with Crippen LogP contribution in [0.25, 0.3) is 0 Å². The van der Waals surface area contributed by atoms with Crippen LogP contribution in [-0.2, 0) is 9.59 Å². The van der Waals surface area contributed by atoms with Gasteiger partial charge in [-0.1, -0.05) is 33.6 Å². The van der Waals surface area contributed by atoms with E-state index in [0.29, 0.717) is 17.3 Å². The number of anilines is 2. The summed E-state index contributed by atoms with van der Waals surface area (Å²) in [6.07, 6.45) is 0.210. The molecule has 2 aromatic carbocycles. The topological polar surface area (TPSA) is 49.4 Å². The molecule has 0 saturated carbocycles. The first-order chi connectivity index (χ1) is 11.4. The van der Waals surface area contributed by atoms with Crippen LogP contribution < -0.4 is 10.2 Å². The summed E-state index contributed by atoms with van der Waals surface area (Å²) in [6, 6.07) is 12.8. The molecular formula is C18H16BrClN2O2. The zero-order chi connectivity index (χ0) is 17.3. The SMILES string of the molecule is Cc1ccc(Cl)cc1NC(=O)[C@H]1CC(=O)N(c2ccc(Br)cc2)C1. The molecular weight excluding hydrogens is 392 g/mol. The minimum Gasteiger partial charge on any atom is -0.325 e. The molecule has 0 radical (unpaired) electrons. The van der Waals surface area contributed by atoms with E-state index >= 15 is 0 Å². The maximum Gasteiger partial charge on any atom is 0.229 e. The van der Waals surface area contributed by atoms with E-state index in [-0.39, 0.29) is 24.2 Å². The number of hydrogen-bond donors (Lipinski definition) is 1. The first-order valence-electron chi connectivity index (χ1n) is 7.57. The summed E-state index contributed by atoms with van der Waals surface area (Å²) in [7, 11) is 0. The van der Waals surface area contributed by atoms with Gasteiger partial charge < -0.3 is 10.2 Å². The Hall–Kier alpha value is -1.85. The third kappa shape index (κ3) is 3.62. The van der Waals surface area contributed by atoms with Crippen LogP contribution in [-0.4, -0.2) is 18.4 Å². The third-order valence-corrected chi connectivity index (χ3v) is 4.86. The fraction of sp³-hybridized carbons (Fsp3) is 0.222. The molecule has 1 fully saturated rings. The number of hydrogen-bond acceptors (Lipinski definition) is 2. The van der Waals surface area contributed by atoms with Crippen molar-refractivity contribution < 1.29 is 9.59 Å². The van der Waals surface area contributed by atoms with E-state index in [1.807, 2.05) is 37.3 Å². The smallest absolute Gasteiger partial charge is 0.229 e. The van der Waals surface area contributed by atoms with E-state index in [1.165, 1.54) is 0 Å². The van der Waals surface area contributed by atoms with Gasteiger partial charge in [-0.15, -0.1) is 0 Å². The molecule has 6 heteroatoms. The molecule has 2 amide bonds. The van der Waals surface area contributed by atoms with Crippen molar-refractivity contribution in [3.63, 3.8) is 0 Å². The van der Waals surface area contributed by atoms with Gasteiger partial charge in [0.15, 0.2) is 0 Å². The number of halogens is 2. The van der Waals surface area contributed by atoms with Crippen molar-refractivity contribution in [1.29, 1.82) is 0 Å². The Morgan fingerprint density at radius 1 is 1.25 bits per heavy atom. The highest BCUT2D eigenvalue weighted by Crippen LogP contribution is 2.28. The molecule has 0 bridgehead atoms. The maximum atomic E-state index is 12.5. The van der Waals surface area contributed by atoms with E-state index in [9.17, 15) is 9.59 Å². The van der Waals surface area contributed by atoms with E-state index in [2.05, 4.69) is 21.2 Å². The van der Waals surface area contributed by atoms with E-state index in [0.717, 1.165) is 15.7 Å². The normalized spacial score (nSPS) is 17.2. The highest BCUT2D eigenvalue weighted by molar-refractivity contribution is 9.10. The number of carbonyl (C=O) groups excluding carboxylic acids is 2. The molecule has 1 aliphatic heterocycles. The Kier molecular flexibility index (Phi) is 4.92. The number of nitrogens with one attached hydrogen (secondary N) is 1. The highest BCUT2D eigenvalue weighted by atomic mass is 79.9. The highest BCUT2D eigenvalue weighted by Gasteiger charge is 2.35. The van der Waals surface area contributed by atoms with Crippen LogP contribution in [0.15, 0.2) is 46.9 Å². The Bertz CT molecular complexity index is 792. The predicted octanol–water partition coefficient (Wildman–Crippen LogP) is 4.40. The lowest BCUT2D eigenvalue weighted by atomic mass is 10.1. The lowest BCUT2D eigenvalue weighted by Crippen LogP contribution is -2.28. The lowest BCUT2D eigenvalue weighted by molar-refractivity contribution is -0.122. The van der Waals surface area contributed by atoms with Gasteiger partial charge >= 0.3 is 0 Å². The summed E-state index contributed by atoms with van der Waals surface area (Å²) in [5.74, 6) is -0.576. The molecule has 2 aromatic rings. The van der Waals surface area contributed by atoms with E-state index in [1.54, 1.807) is 17.0 Å². The molecule has 1 atom stereocenters. The fourth-order valence-corrected chi connectivity index (χ4v) is 3.15. The van der Waals surface area contributed by atoms with Crippen LogP contribution in [0.4, 0.5) is 11.4 Å². The number of rotatable bonds is 3. The zero-order valence-electron chi connectivity index (χ0n) is 13.1. The number of amides is 2. The van der Waals surface area contributed by atoms with Crippen LogP contribution in [0.3, 0.4) is 0 Å². The van der Waals surface area contributed by atoms with Gasteiger partial charge in [0.2, 0.25) is 11.8 Å². The number of aryl methyl sites for hydroxylation is 1. The van der Waals surface area contributed by atoms with Gasteiger partial charge in [0.25, 0.3) is 0 Å². The first-order valence-corrected chi connectivity index (χ1v) is 8.74. The summed E-state index contributed by atoms with van der Waals surface area (Å²) in [5.41, 5.74) is 2.42. The number of carbonyl (C=O) groups is 2. The predicted molar refractivity (Wildman–Crippen MR) is 99.4 cm³/mol. The average Bonchev–Trinajstić information content (AvgIpc) is 2.94. The van der Waals surface area contributed by atoms with Crippen LogP contribution in [0.5, 0.6) is 0 Å². The molecule has 1 heterocycles. The molecule has 4 nitrogen and oxygen atoms in total. The molecule has 1 aliphatic rings. The molecule has 1 saturated heterocycles. The Morgan fingerprint density at radius 2 is 1.96 bits per heavy atom. The molecule has 0 unspecified atom stereocenters. The molecule has 0 aliphatic carbocycles. The summed E-state index contributed by atoms with van der Waals surface area (Å²) in [4.78, 5) is 26.4. The minimum atomic E-state index is -0.375. The monoisotopic (exact) mass is 406 g/mol. The second-order valence-corrected chi connectivity index (χ2v) is 7.18. The second kappa shape index (κ2) is 6.95. The Morgan fingerprint density at radius 3 is 2.67 bits per heavy atom. The van der Waals surface area contributed by atoms with Crippen molar-refractivity contribution in [2.45, 2.75) is 13.3 Å². The van der Waals surface area contributed by atoms with Crippen molar-refractivity contribution in [2.75, 3.05) is 16.8 Å². The maximum absolute atomic E-state index is 12.5. The summed E-state index contributed by atoms with van der Waals surface area (Å²) >= 11 is 9.36. The van der Waals surface area contributed by atoms with Crippen molar-refractivity contribution in [2.24, 2.45) is 5.92 Å². The number of nitrogens with zero attached hydrogens (tertiary/aromatic N) is 1. The molecule has 3 rings (SSSR count). The van der Waals surface area contributed by atoms with Gasteiger partial charge in [-0.05, 0) is 48.9 Å². The van der Waals surface area contributed by atoms with Crippen LogP contribution in [0, 0.1) is 12.8 Å². The van der Waals surface area contributed by atoms with Gasteiger partial charge in [0.1, 0.15) is 0 Å².